The molecule has 1 heterocycles. The Balaban J connectivity index is 1.25. The minimum absolute atomic E-state index is 0.0767. The summed E-state index contributed by atoms with van der Waals surface area (Å²) in [5.74, 6) is 1.58. The van der Waals surface area contributed by atoms with Gasteiger partial charge in [-0.1, -0.05) is 41.9 Å². The molecule has 7 heteroatoms. The molecule has 0 fully saturated rings. The molecular weight excluding hydrogens is 430 g/mol. The number of rotatable bonds is 8. The first-order valence-corrected chi connectivity index (χ1v) is 11.1. The first-order chi connectivity index (χ1) is 15.2. The number of methoxy groups -OCH3 is 1. The minimum Gasteiger partial charge on any atom is -0.497 e. The van der Waals surface area contributed by atoms with Crippen LogP contribution in [0.1, 0.15) is 16.8 Å². The molecule has 0 unspecified atom stereocenters. The Morgan fingerprint density at radius 2 is 1.71 bits per heavy atom. The van der Waals surface area contributed by atoms with E-state index in [1.54, 1.807) is 7.11 Å². The summed E-state index contributed by atoms with van der Waals surface area (Å²) >= 11 is 7.58. The third-order valence-electron chi connectivity index (χ3n) is 4.95. The third-order valence-corrected chi connectivity index (χ3v) is 6.28. The average molecular weight is 452 g/mol. The Bertz CT molecular complexity index is 1170. The molecule has 31 heavy (non-hydrogen) atoms. The number of ether oxygens (including phenoxy) is 1. The number of amides is 1. The maximum atomic E-state index is 12.4. The van der Waals surface area contributed by atoms with Gasteiger partial charge in [-0.15, -0.1) is 0 Å². The van der Waals surface area contributed by atoms with Gasteiger partial charge in [-0.25, -0.2) is 0 Å². The zero-order valence-corrected chi connectivity index (χ0v) is 18.6. The van der Waals surface area contributed by atoms with Crippen molar-refractivity contribution in [1.29, 1.82) is 0 Å². The number of hydrogen-bond donors (Lipinski definition) is 2. The van der Waals surface area contributed by atoms with Crippen molar-refractivity contribution in [2.75, 3.05) is 25.5 Å². The average Bonchev–Trinajstić information content (AvgIpc) is 3.23. The number of halogens is 1. The second kappa shape index (κ2) is 9.81. The highest BCUT2D eigenvalue weighted by atomic mass is 35.5. The van der Waals surface area contributed by atoms with Crippen molar-refractivity contribution in [3.05, 3.63) is 77.3 Å². The summed E-state index contributed by atoms with van der Waals surface area (Å²) in [6.07, 6.45) is 0.787. The molecule has 4 aromatic rings. The van der Waals surface area contributed by atoms with E-state index in [4.69, 9.17) is 16.3 Å². The Morgan fingerprint density at radius 1 is 1.00 bits per heavy atom. The van der Waals surface area contributed by atoms with E-state index in [0.717, 1.165) is 39.2 Å². The van der Waals surface area contributed by atoms with E-state index < -0.39 is 0 Å². The molecule has 0 atom stereocenters. The zero-order chi connectivity index (χ0) is 21.6. The van der Waals surface area contributed by atoms with Crippen LogP contribution in [0.3, 0.4) is 0 Å². The second-order valence-electron chi connectivity index (χ2n) is 6.99. The highest BCUT2D eigenvalue weighted by molar-refractivity contribution is 7.14. The smallest absolute Gasteiger partial charge is 0.251 e. The van der Waals surface area contributed by atoms with Gasteiger partial charge in [0.15, 0.2) is 0 Å². The van der Waals surface area contributed by atoms with Gasteiger partial charge in [-0.3, -0.25) is 4.79 Å². The lowest BCUT2D eigenvalue weighted by Gasteiger charge is -2.08. The van der Waals surface area contributed by atoms with Gasteiger partial charge in [0.2, 0.25) is 0 Å². The van der Waals surface area contributed by atoms with E-state index in [9.17, 15) is 4.79 Å². The van der Waals surface area contributed by atoms with Crippen molar-refractivity contribution in [2.24, 2.45) is 0 Å². The summed E-state index contributed by atoms with van der Waals surface area (Å²) in [7, 11) is 1.65. The van der Waals surface area contributed by atoms with E-state index in [-0.39, 0.29) is 5.91 Å². The number of carbonyl (C=O) groups excluding carboxylic acids is 1. The van der Waals surface area contributed by atoms with Crippen molar-refractivity contribution in [1.82, 2.24) is 9.69 Å². The van der Waals surface area contributed by atoms with Gasteiger partial charge in [0.1, 0.15) is 11.6 Å². The van der Waals surface area contributed by atoms with Crippen LogP contribution in [0.4, 0.5) is 5.82 Å². The molecule has 0 aliphatic heterocycles. The van der Waals surface area contributed by atoms with Gasteiger partial charge < -0.3 is 15.4 Å². The predicted molar refractivity (Wildman–Crippen MR) is 128 cm³/mol. The van der Waals surface area contributed by atoms with Crippen molar-refractivity contribution >= 4 is 44.9 Å². The summed E-state index contributed by atoms with van der Waals surface area (Å²) in [5, 5.41) is 8.03. The SMILES string of the molecule is COc1ccc(-c2ccc(C(=O)NCCCNc3nsc4c(Cl)cccc34)cc2)cc1. The van der Waals surface area contributed by atoms with Gasteiger partial charge in [0, 0.05) is 24.0 Å². The highest BCUT2D eigenvalue weighted by Gasteiger charge is 2.09. The van der Waals surface area contributed by atoms with E-state index in [1.807, 2.05) is 66.7 Å². The van der Waals surface area contributed by atoms with Crippen LogP contribution in [0.5, 0.6) is 5.75 Å². The molecule has 1 aromatic heterocycles. The molecule has 4 rings (SSSR count). The zero-order valence-electron chi connectivity index (χ0n) is 17.0. The van der Waals surface area contributed by atoms with Crippen LogP contribution in [0.2, 0.25) is 5.02 Å². The fraction of sp³-hybridized carbons (Fsp3) is 0.167. The molecule has 0 bridgehead atoms. The Labute approximate surface area is 190 Å². The third kappa shape index (κ3) is 4.98. The highest BCUT2D eigenvalue weighted by Crippen LogP contribution is 2.32. The number of nitrogens with one attached hydrogen (secondary N) is 2. The molecule has 0 radical (unpaired) electrons. The standard InChI is InChI=1S/C24H22ClN3O2S/c1-30-19-12-10-17(11-13-19)16-6-8-18(9-7-16)24(29)27-15-3-14-26-23-20-4-2-5-21(25)22(20)31-28-23/h2,4-13H,3,14-15H2,1H3,(H,26,28)(H,27,29). The lowest BCUT2D eigenvalue weighted by molar-refractivity contribution is 0.0953. The second-order valence-corrected chi connectivity index (χ2v) is 8.17. The van der Waals surface area contributed by atoms with Crippen LogP contribution in [0.15, 0.2) is 66.7 Å². The number of nitrogens with zero attached hydrogens (tertiary/aromatic N) is 1. The molecule has 0 saturated heterocycles. The van der Waals surface area contributed by atoms with E-state index >= 15 is 0 Å². The monoisotopic (exact) mass is 451 g/mol. The summed E-state index contributed by atoms with van der Waals surface area (Å²) in [6.45, 7) is 1.29. The van der Waals surface area contributed by atoms with Crippen LogP contribution >= 0.6 is 23.1 Å². The lowest BCUT2D eigenvalue weighted by Crippen LogP contribution is -2.25. The number of benzene rings is 3. The first kappa shape index (κ1) is 21.2. The summed E-state index contributed by atoms with van der Waals surface area (Å²) < 4.78 is 10.6. The predicted octanol–water partition coefficient (Wildman–Crippen LogP) is 5.86. The van der Waals surface area contributed by atoms with E-state index in [1.165, 1.54) is 11.5 Å². The van der Waals surface area contributed by atoms with Crippen molar-refractivity contribution in [3.63, 3.8) is 0 Å². The van der Waals surface area contributed by atoms with Gasteiger partial charge in [0.25, 0.3) is 5.91 Å². The van der Waals surface area contributed by atoms with Gasteiger partial charge in [0.05, 0.1) is 16.8 Å². The van der Waals surface area contributed by atoms with Crippen molar-refractivity contribution in [3.8, 4) is 16.9 Å². The molecule has 1 amide bonds. The summed E-state index contributed by atoms with van der Waals surface area (Å²) in [6, 6.07) is 21.2. The van der Waals surface area contributed by atoms with Gasteiger partial charge in [-0.2, -0.15) is 4.37 Å². The van der Waals surface area contributed by atoms with Crippen LogP contribution in [0, 0.1) is 0 Å². The number of hydrogen-bond acceptors (Lipinski definition) is 5. The number of anilines is 1. The van der Waals surface area contributed by atoms with Crippen molar-refractivity contribution in [2.45, 2.75) is 6.42 Å². The summed E-state index contributed by atoms with van der Waals surface area (Å²) in [5.41, 5.74) is 2.78. The largest absolute Gasteiger partial charge is 0.497 e. The van der Waals surface area contributed by atoms with Crippen LogP contribution < -0.4 is 15.4 Å². The number of aromatic nitrogens is 1. The van der Waals surface area contributed by atoms with Gasteiger partial charge >= 0.3 is 0 Å². The number of carbonyl (C=O) groups is 1. The molecule has 0 aliphatic rings. The topological polar surface area (TPSA) is 63.2 Å². The van der Waals surface area contributed by atoms with Crippen molar-refractivity contribution < 1.29 is 9.53 Å². The normalized spacial score (nSPS) is 10.8. The maximum absolute atomic E-state index is 12.4. The number of fused-ring (bicyclic) bond motifs is 1. The van der Waals surface area contributed by atoms with Gasteiger partial charge in [-0.05, 0) is 65.5 Å². The molecule has 158 valence electrons. The Kier molecular flexibility index (Phi) is 6.70. The molecule has 5 nitrogen and oxygen atoms in total. The van der Waals surface area contributed by atoms with E-state index in [0.29, 0.717) is 23.7 Å². The lowest BCUT2D eigenvalue weighted by atomic mass is 10.0. The first-order valence-electron chi connectivity index (χ1n) is 9.96. The van der Waals surface area contributed by atoms with E-state index in [2.05, 4.69) is 15.0 Å². The maximum Gasteiger partial charge on any atom is 0.251 e. The fourth-order valence-electron chi connectivity index (χ4n) is 3.25. The Morgan fingerprint density at radius 3 is 2.42 bits per heavy atom. The fourth-order valence-corrected chi connectivity index (χ4v) is 4.29. The Hall–Kier alpha value is -3.09. The molecular formula is C24H22ClN3O2S. The quantitative estimate of drug-likeness (QED) is 0.329. The molecule has 0 aliphatic carbocycles. The van der Waals surface area contributed by atoms with Crippen LogP contribution in [-0.2, 0) is 0 Å². The minimum atomic E-state index is -0.0767. The summed E-state index contributed by atoms with van der Waals surface area (Å²) in [4.78, 5) is 12.4. The van der Waals surface area contributed by atoms with Crippen LogP contribution in [0.25, 0.3) is 21.2 Å². The molecule has 0 saturated carbocycles. The molecule has 3 aromatic carbocycles. The molecule has 0 spiro atoms. The molecule has 2 N–H and O–H groups in total. The van der Waals surface area contributed by atoms with Crippen LogP contribution in [-0.4, -0.2) is 30.5 Å².